The van der Waals surface area contributed by atoms with E-state index < -0.39 is 0 Å². The highest BCUT2D eigenvalue weighted by molar-refractivity contribution is 5.26. The minimum Gasteiger partial charge on any atom is -0.497 e. The Morgan fingerprint density at radius 1 is 1.04 bits per heavy atom. The Morgan fingerprint density at radius 2 is 1.74 bits per heavy atom. The van der Waals surface area contributed by atoms with Gasteiger partial charge in [-0.3, -0.25) is 0 Å². The predicted octanol–water partition coefficient (Wildman–Crippen LogP) is 4.33. The summed E-state index contributed by atoms with van der Waals surface area (Å²) < 4.78 is 10.7. The fourth-order valence-corrected chi connectivity index (χ4v) is 2.41. The Hall–Kier alpha value is -1.50. The van der Waals surface area contributed by atoms with Crippen LogP contribution in [0.15, 0.2) is 24.3 Å². The summed E-state index contributed by atoms with van der Waals surface area (Å²) in [7, 11) is 1.66. The van der Waals surface area contributed by atoms with Gasteiger partial charge in [0.25, 0.3) is 0 Å². The average molecular weight is 318 g/mol. The van der Waals surface area contributed by atoms with Crippen LogP contribution >= 0.6 is 0 Å². The van der Waals surface area contributed by atoms with Crippen LogP contribution in [-0.4, -0.2) is 24.9 Å². The lowest BCUT2D eigenvalue weighted by molar-refractivity contribution is 0.0689. The number of terminal acetylenes is 1. The highest BCUT2D eigenvalue weighted by Crippen LogP contribution is 2.13. The molecule has 1 aromatic carbocycles. The Morgan fingerprint density at radius 3 is 2.43 bits per heavy atom. The summed E-state index contributed by atoms with van der Waals surface area (Å²) in [5.74, 6) is 3.51. The van der Waals surface area contributed by atoms with Gasteiger partial charge in [-0.25, -0.2) is 0 Å². The minimum atomic E-state index is -0.253. The maximum absolute atomic E-state index is 9.93. The molecule has 0 spiro atoms. The number of methoxy groups -OCH3 is 1. The molecule has 3 nitrogen and oxygen atoms in total. The molecular formula is C20H30O3. The third-order valence-electron chi connectivity index (χ3n) is 3.88. The first-order valence-electron chi connectivity index (χ1n) is 8.58. The quantitative estimate of drug-likeness (QED) is 0.435. The first kappa shape index (κ1) is 19.5. The van der Waals surface area contributed by atoms with E-state index in [0.717, 1.165) is 37.0 Å². The number of rotatable bonds is 13. The van der Waals surface area contributed by atoms with Crippen LogP contribution in [0.2, 0.25) is 0 Å². The number of hydrogen-bond acceptors (Lipinski definition) is 3. The lowest BCUT2D eigenvalue weighted by atomic mass is 10.1. The summed E-state index contributed by atoms with van der Waals surface area (Å²) in [5, 5.41) is 9.93. The minimum absolute atomic E-state index is 0.253. The van der Waals surface area contributed by atoms with Crippen LogP contribution in [0.25, 0.3) is 0 Å². The molecular weight excluding hydrogens is 288 g/mol. The summed E-state index contributed by atoms with van der Waals surface area (Å²) in [5.41, 5.74) is 1.12. The molecule has 0 aromatic heterocycles. The third-order valence-corrected chi connectivity index (χ3v) is 3.88. The van der Waals surface area contributed by atoms with Gasteiger partial charge < -0.3 is 14.6 Å². The number of unbranched alkanes of at least 4 members (excludes halogenated alkanes) is 5. The Balaban J connectivity index is 1.97. The number of benzene rings is 1. The van der Waals surface area contributed by atoms with Gasteiger partial charge in [0.15, 0.2) is 0 Å². The molecule has 1 atom stereocenters. The number of aliphatic hydroxyl groups excluding tert-OH is 1. The molecule has 23 heavy (non-hydrogen) atoms. The number of hydrogen-bond donors (Lipinski definition) is 1. The fraction of sp³-hybridized carbons (Fsp3) is 0.600. The molecule has 0 amide bonds. The van der Waals surface area contributed by atoms with E-state index in [1.54, 1.807) is 7.11 Å². The molecule has 0 radical (unpaired) electrons. The van der Waals surface area contributed by atoms with Gasteiger partial charge in [0.1, 0.15) is 5.75 Å². The molecule has 3 heteroatoms. The van der Waals surface area contributed by atoms with Crippen molar-refractivity contribution >= 4 is 0 Å². The second-order valence-corrected chi connectivity index (χ2v) is 5.85. The smallest absolute Gasteiger partial charge is 0.118 e. The maximum Gasteiger partial charge on any atom is 0.118 e. The summed E-state index contributed by atoms with van der Waals surface area (Å²) >= 11 is 0. The highest BCUT2D eigenvalue weighted by Gasteiger charge is 2.04. The normalized spacial score (nSPS) is 11.9. The highest BCUT2D eigenvalue weighted by atomic mass is 16.5. The zero-order chi connectivity index (χ0) is 16.8. The zero-order valence-electron chi connectivity index (χ0n) is 14.3. The van der Waals surface area contributed by atoms with Crippen LogP contribution in [-0.2, 0) is 11.3 Å². The Kier molecular flexibility index (Phi) is 11.0. The van der Waals surface area contributed by atoms with Crippen molar-refractivity contribution in [3.63, 3.8) is 0 Å². The average Bonchev–Trinajstić information content (AvgIpc) is 2.58. The number of aliphatic hydroxyl groups is 1. The van der Waals surface area contributed by atoms with Crippen molar-refractivity contribution in [2.24, 2.45) is 0 Å². The molecule has 128 valence electrons. The zero-order valence-corrected chi connectivity index (χ0v) is 14.3. The van der Waals surface area contributed by atoms with Crippen molar-refractivity contribution in [2.45, 2.75) is 64.1 Å². The molecule has 0 saturated heterocycles. The monoisotopic (exact) mass is 318 g/mol. The van der Waals surface area contributed by atoms with E-state index in [-0.39, 0.29) is 6.10 Å². The van der Waals surface area contributed by atoms with Gasteiger partial charge in [-0.05, 0) is 37.0 Å². The first-order valence-corrected chi connectivity index (χ1v) is 8.58. The summed E-state index contributed by atoms with van der Waals surface area (Å²) in [6, 6.07) is 7.85. The second kappa shape index (κ2) is 13.0. The second-order valence-electron chi connectivity index (χ2n) is 5.85. The summed E-state index contributed by atoms with van der Waals surface area (Å²) in [6.45, 7) is 1.17. The van der Waals surface area contributed by atoms with E-state index in [1.807, 2.05) is 24.3 Å². The van der Waals surface area contributed by atoms with Crippen LogP contribution < -0.4 is 4.74 Å². The van der Waals surface area contributed by atoms with Crippen LogP contribution in [0.3, 0.4) is 0 Å². The van der Waals surface area contributed by atoms with Crippen molar-refractivity contribution in [3.8, 4) is 18.1 Å². The van der Waals surface area contributed by atoms with Crippen molar-refractivity contribution in [2.75, 3.05) is 13.7 Å². The van der Waals surface area contributed by atoms with Gasteiger partial charge in [-0.2, -0.15) is 0 Å². The van der Waals surface area contributed by atoms with Crippen molar-refractivity contribution in [1.82, 2.24) is 0 Å². The first-order chi connectivity index (χ1) is 11.3. The standard InChI is InChI=1S/C20H30O3/c1-3-4-5-6-7-8-9-10-19(21)15-16-23-17-18-11-13-20(22-2)14-12-18/h1,11-14,19,21H,4-10,15-17H2,2H3/t19-/m0/s1. The van der Waals surface area contributed by atoms with Crippen molar-refractivity contribution in [1.29, 1.82) is 0 Å². The number of ether oxygens (including phenoxy) is 2. The van der Waals surface area contributed by atoms with Crippen LogP contribution in [0, 0.1) is 12.3 Å². The van der Waals surface area contributed by atoms with Gasteiger partial charge in [-0.15, -0.1) is 12.3 Å². The summed E-state index contributed by atoms with van der Waals surface area (Å²) in [4.78, 5) is 0. The SMILES string of the molecule is C#CCCCCCCC[C@H](O)CCOCc1ccc(OC)cc1. The van der Waals surface area contributed by atoms with Gasteiger partial charge in [0.05, 0.1) is 19.8 Å². The van der Waals surface area contributed by atoms with Crippen LogP contribution in [0.5, 0.6) is 5.75 Å². The molecule has 0 saturated carbocycles. The largest absolute Gasteiger partial charge is 0.497 e. The molecule has 0 bridgehead atoms. The molecule has 0 aliphatic carbocycles. The molecule has 1 N–H and O–H groups in total. The van der Waals surface area contributed by atoms with Crippen molar-refractivity contribution in [3.05, 3.63) is 29.8 Å². The van der Waals surface area contributed by atoms with Gasteiger partial charge in [0, 0.05) is 13.0 Å². The van der Waals surface area contributed by atoms with E-state index in [0.29, 0.717) is 19.6 Å². The Bertz CT molecular complexity index is 433. The molecule has 1 rings (SSSR count). The van der Waals surface area contributed by atoms with Gasteiger partial charge in [0.2, 0.25) is 0 Å². The van der Waals surface area contributed by atoms with E-state index in [1.165, 1.54) is 19.3 Å². The molecule has 1 aromatic rings. The Labute approximate surface area is 141 Å². The topological polar surface area (TPSA) is 38.7 Å². The van der Waals surface area contributed by atoms with Crippen molar-refractivity contribution < 1.29 is 14.6 Å². The molecule has 0 unspecified atom stereocenters. The molecule has 0 aliphatic rings. The summed E-state index contributed by atoms with van der Waals surface area (Å²) in [6.07, 6.45) is 13.2. The molecule has 0 aliphatic heterocycles. The maximum atomic E-state index is 9.93. The predicted molar refractivity (Wildman–Crippen MR) is 94.4 cm³/mol. The van der Waals surface area contributed by atoms with Crippen LogP contribution in [0.1, 0.15) is 56.9 Å². The van der Waals surface area contributed by atoms with Crippen LogP contribution in [0.4, 0.5) is 0 Å². The molecule has 0 heterocycles. The van der Waals surface area contributed by atoms with Gasteiger partial charge >= 0.3 is 0 Å². The lowest BCUT2D eigenvalue weighted by Gasteiger charge is -2.11. The van der Waals surface area contributed by atoms with E-state index >= 15 is 0 Å². The third kappa shape index (κ3) is 9.99. The lowest BCUT2D eigenvalue weighted by Crippen LogP contribution is -2.10. The van der Waals surface area contributed by atoms with E-state index in [2.05, 4.69) is 5.92 Å². The van der Waals surface area contributed by atoms with E-state index in [4.69, 9.17) is 15.9 Å². The fourth-order valence-electron chi connectivity index (χ4n) is 2.41. The molecule has 0 fully saturated rings. The van der Waals surface area contributed by atoms with E-state index in [9.17, 15) is 5.11 Å². The van der Waals surface area contributed by atoms with Gasteiger partial charge in [-0.1, -0.05) is 37.8 Å².